The lowest BCUT2D eigenvalue weighted by Crippen LogP contribution is -2.06. The van der Waals surface area contributed by atoms with Crippen molar-refractivity contribution in [2.45, 2.75) is 77.7 Å². The third-order valence-electron chi connectivity index (χ3n) is 5.81. The summed E-state index contributed by atoms with van der Waals surface area (Å²) in [6, 6.07) is 2.20. The monoisotopic (exact) mass is 299 g/mol. The van der Waals surface area contributed by atoms with E-state index in [9.17, 15) is 0 Å². The first-order chi connectivity index (χ1) is 10.8. The second-order valence-electron chi connectivity index (χ2n) is 7.73. The number of aryl methyl sites for hydroxylation is 2. The molecule has 0 aliphatic heterocycles. The van der Waals surface area contributed by atoms with Crippen LogP contribution in [0.3, 0.4) is 0 Å². The van der Waals surface area contributed by atoms with Gasteiger partial charge in [0.2, 0.25) is 0 Å². The van der Waals surface area contributed by atoms with E-state index < -0.39 is 0 Å². The fraction of sp³-hybridized carbons (Fsp3) is 0.714. The number of allylic oxidation sites excluding steroid dienone is 2. The summed E-state index contributed by atoms with van der Waals surface area (Å²) in [7, 11) is 0. The van der Waals surface area contributed by atoms with E-state index in [-0.39, 0.29) is 0 Å². The number of hydrogen-bond donors (Lipinski definition) is 0. The van der Waals surface area contributed by atoms with Gasteiger partial charge < -0.3 is 4.57 Å². The van der Waals surface area contributed by atoms with Gasteiger partial charge in [-0.2, -0.15) is 0 Å². The third kappa shape index (κ3) is 4.51. The van der Waals surface area contributed by atoms with Crippen molar-refractivity contribution in [1.29, 1.82) is 0 Å². The molecule has 1 aromatic heterocycles. The van der Waals surface area contributed by atoms with Crippen molar-refractivity contribution in [1.82, 2.24) is 4.57 Å². The normalized spacial score (nSPS) is 26.1. The third-order valence-corrected chi connectivity index (χ3v) is 5.81. The quantitative estimate of drug-likeness (QED) is 0.362. The van der Waals surface area contributed by atoms with E-state index >= 15 is 0 Å². The van der Waals surface area contributed by atoms with E-state index in [0.29, 0.717) is 0 Å². The first kappa shape index (κ1) is 15.9. The van der Waals surface area contributed by atoms with Gasteiger partial charge in [0.15, 0.2) is 0 Å². The first-order valence-electron chi connectivity index (χ1n) is 9.62. The molecule has 2 aliphatic rings. The van der Waals surface area contributed by atoms with Crippen LogP contribution in [0.5, 0.6) is 0 Å². The van der Waals surface area contributed by atoms with Gasteiger partial charge in [-0.05, 0) is 62.0 Å². The molecule has 0 aromatic carbocycles. The molecule has 2 aliphatic carbocycles. The second-order valence-corrected chi connectivity index (χ2v) is 7.73. The maximum absolute atomic E-state index is 2.51. The van der Waals surface area contributed by atoms with Gasteiger partial charge >= 0.3 is 0 Å². The van der Waals surface area contributed by atoms with Crippen molar-refractivity contribution in [2.75, 3.05) is 0 Å². The Labute approximate surface area is 136 Å². The molecule has 122 valence electrons. The molecule has 1 aromatic rings. The minimum absolute atomic E-state index is 0.957. The van der Waals surface area contributed by atoms with Crippen LogP contribution >= 0.6 is 0 Å². The summed E-state index contributed by atoms with van der Waals surface area (Å²) in [6.07, 6.45) is 23.9. The van der Waals surface area contributed by atoms with Crippen LogP contribution in [0, 0.1) is 24.7 Å². The SMILES string of the molecule is Cc1ccn(CCCCCCCCCC2CC3C=CC2C3)c1. The largest absolute Gasteiger partial charge is 0.354 e. The molecule has 3 rings (SSSR count). The van der Waals surface area contributed by atoms with Crippen LogP contribution < -0.4 is 0 Å². The Morgan fingerprint density at radius 2 is 1.73 bits per heavy atom. The van der Waals surface area contributed by atoms with Crippen molar-refractivity contribution < 1.29 is 0 Å². The van der Waals surface area contributed by atoms with E-state index in [1.807, 2.05) is 0 Å². The second kappa shape index (κ2) is 8.04. The molecule has 3 unspecified atom stereocenters. The van der Waals surface area contributed by atoms with Gasteiger partial charge in [0.05, 0.1) is 0 Å². The molecule has 3 atom stereocenters. The molecule has 0 spiro atoms. The average molecular weight is 300 g/mol. The predicted octanol–water partition coefficient (Wildman–Crippen LogP) is 6.13. The predicted molar refractivity (Wildman–Crippen MR) is 94.9 cm³/mol. The highest BCUT2D eigenvalue weighted by Gasteiger charge is 2.34. The van der Waals surface area contributed by atoms with Crippen LogP contribution in [0.25, 0.3) is 0 Å². The molecule has 1 heterocycles. The number of hydrogen-bond acceptors (Lipinski definition) is 0. The van der Waals surface area contributed by atoms with Crippen molar-refractivity contribution in [2.24, 2.45) is 17.8 Å². The summed E-state index contributed by atoms with van der Waals surface area (Å²) in [5.74, 6) is 2.96. The Morgan fingerprint density at radius 3 is 2.36 bits per heavy atom. The Morgan fingerprint density at radius 1 is 0.955 bits per heavy atom. The van der Waals surface area contributed by atoms with Crippen LogP contribution in [0.2, 0.25) is 0 Å². The molecule has 0 radical (unpaired) electrons. The molecular formula is C21H33N. The van der Waals surface area contributed by atoms with Crippen LogP contribution in [-0.4, -0.2) is 4.57 Å². The van der Waals surface area contributed by atoms with Gasteiger partial charge in [0, 0.05) is 18.9 Å². The number of fused-ring (bicyclic) bond motifs is 2. The molecule has 22 heavy (non-hydrogen) atoms. The maximum Gasteiger partial charge on any atom is 0.0219 e. The van der Waals surface area contributed by atoms with Gasteiger partial charge in [-0.25, -0.2) is 0 Å². The van der Waals surface area contributed by atoms with Gasteiger partial charge in [-0.15, -0.1) is 0 Å². The molecule has 1 saturated carbocycles. The summed E-state index contributed by atoms with van der Waals surface area (Å²) in [5, 5.41) is 0. The van der Waals surface area contributed by atoms with Crippen molar-refractivity contribution in [3.05, 3.63) is 36.2 Å². The molecule has 0 N–H and O–H groups in total. The number of rotatable bonds is 10. The highest BCUT2D eigenvalue weighted by Crippen LogP contribution is 2.45. The zero-order valence-electron chi connectivity index (χ0n) is 14.3. The van der Waals surface area contributed by atoms with E-state index in [2.05, 4.69) is 42.1 Å². The first-order valence-corrected chi connectivity index (χ1v) is 9.62. The maximum atomic E-state index is 2.51. The summed E-state index contributed by atoms with van der Waals surface area (Å²) in [6.45, 7) is 3.37. The van der Waals surface area contributed by atoms with Gasteiger partial charge in [0.1, 0.15) is 0 Å². The van der Waals surface area contributed by atoms with Crippen molar-refractivity contribution in [3.8, 4) is 0 Å². The zero-order valence-corrected chi connectivity index (χ0v) is 14.3. The van der Waals surface area contributed by atoms with Gasteiger partial charge in [-0.3, -0.25) is 0 Å². The zero-order chi connectivity index (χ0) is 15.2. The Bertz CT molecular complexity index is 470. The van der Waals surface area contributed by atoms with Gasteiger partial charge in [-0.1, -0.05) is 50.7 Å². The average Bonchev–Trinajstić information content (AvgIpc) is 3.22. The summed E-state index contributed by atoms with van der Waals surface area (Å²) in [4.78, 5) is 0. The van der Waals surface area contributed by atoms with E-state index in [0.717, 1.165) is 17.8 Å². The molecule has 0 amide bonds. The van der Waals surface area contributed by atoms with Crippen LogP contribution in [-0.2, 0) is 6.54 Å². The Balaban J connectivity index is 1.13. The molecule has 1 fully saturated rings. The minimum atomic E-state index is 0.957. The van der Waals surface area contributed by atoms with Crippen LogP contribution in [0.4, 0.5) is 0 Å². The van der Waals surface area contributed by atoms with Crippen LogP contribution in [0.1, 0.15) is 69.8 Å². The van der Waals surface area contributed by atoms with Crippen LogP contribution in [0.15, 0.2) is 30.6 Å². The van der Waals surface area contributed by atoms with Crippen molar-refractivity contribution in [3.63, 3.8) is 0 Å². The topological polar surface area (TPSA) is 4.93 Å². The summed E-state index contributed by atoms with van der Waals surface area (Å²) < 4.78 is 2.33. The molecular weight excluding hydrogens is 266 g/mol. The number of unbranched alkanes of at least 4 members (excludes halogenated alkanes) is 6. The fourth-order valence-electron chi connectivity index (χ4n) is 4.51. The lowest BCUT2D eigenvalue weighted by molar-refractivity contribution is 0.393. The standard InChI is InChI=1S/C21H33N/c1-18-12-14-22(17-18)13-8-6-4-2-3-5-7-9-20-15-19-10-11-21(20)16-19/h10-12,14,17,19-21H,2-9,13,15-16H2,1H3. The summed E-state index contributed by atoms with van der Waals surface area (Å²) in [5.41, 5.74) is 1.38. The highest BCUT2D eigenvalue weighted by atomic mass is 14.9. The van der Waals surface area contributed by atoms with E-state index in [1.54, 1.807) is 0 Å². The van der Waals surface area contributed by atoms with E-state index in [1.165, 1.54) is 76.3 Å². The lowest BCUT2D eigenvalue weighted by atomic mass is 9.88. The smallest absolute Gasteiger partial charge is 0.0219 e. The molecule has 1 heteroatoms. The molecule has 1 nitrogen and oxygen atoms in total. The van der Waals surface area contributed by atoms with Gasteiger partial charge in [0.25, 0.3) is 0 Å². The fourth-order valence-corrected chi connectivity index (χ4v) is 4.51. The highest BCUT2D eigenvalue weighted by molar-refractivity contribution is 5.09. The Kier molecular flexibility index (Phi) is 5.81. The van der Waals surface area contributed by atoms with Crippen molar-refractivity contribution >= 4 is 0 Å². The molecule has 0 saturated heterocycles. The van der Waals surface area contributed by atoms with E-state index in [4.69, 9.17) is 0 Å². The number of nitrogens with zero attached hydrogens (tertiary/aromatic N) is 1. The molecule has 2 bridgehead atoms. The summed E-state index contributed by atoms with van der Waals surface area (Å²) >= 11 is 0. The number of aromatic nitrogens is 1. The Hall–Kier alpha value is -0.980. The lowest BCUT2D eigenvalue weighted by Gasteiger charge is -2.17. The minimum Gasteiger partial charge on any atom is -0.354 e.